The Hall–Kier alpha value is -1.79. The van der Waals surface area contributed by atoms with Gasteiger partial charge in [-0.05, 0) is 45.1 Å². The van der Waals surface area contributed by atoms with Crippen LogP contribution in [0.2, 0.25) is 0 Å². The lowest BCUT2D eigenvalue weighted by Gasteiger charge is -2.26. The fourth-order valence-electron chi connectivity index (χ4n) is 3.39. The fourth-order valence-corrected chi connectivity index (χ4v) is 3.39. The van der Waals surface area contributed by atoms with E-state index in [1.807, 2.05) is 12.1 Å². The van der Waals surface area contributed by atoms with Gasteiger partial charge in [-0.1, -0.05) is 12.1 Å². The summed E-state index contributed by atoms with van der Waals surface area (Å²) in [7, 11) is 7.67. The molecule has 2 unspecified atom stereocenters. The van der Waals surface area contributed by atoms with Gasteiger partial charge in [0.05, 0.1) is 26.3 Å². The molecule has 0 bridgehead atoms. The van der Waals surface area contributed by atoms with Gasteiger partial charge >= 0.3 is 0 Å². The largest absolute Gasteiger partial charge is 0.497 e. The fraction of sp³-hybridized carbons (Fsp3) is 0.650. The molecule has 2 rings (SSSR count). The summed E-state index contributed by atoms with van der Waals surface area (Å²) in [6.07, 6.45) is 1.16. The van der Waals surface area contributed by atoms with Gasteiger partial charge in [0.15, 0.2) is 5.96 Å². The van der Waals surface area contributed by atoms with Gasteiger partial charge in [0, 0.05) is 32.7 Å². The third kappa shape index (κ3) is 5.61. The first kappa shape index (κ1) is 20.5. The third-order valence-corrected chi connectivity index (χ3v) is 4.86. The lowest BCUT2D eigenvalue weighted by Crippen LogP contribution is -2.41. The number of benzene rings is 1. The second-order valence-corrected chi connectivity index (χ2v) is 7.00. The van der Waals surface area contributed by atoms with E-state index in [-0.39, 0.29) is 6.04 Å². The highest BCUT2D eigenvalue weighted by molar-refractivity contribution is 5.80. The third-order valence-electron chi connectivity index (χ3n) is 4.86. The number of guanidine groups is 1. The van der Waals surface area contributed by atoms with Crippen LogP contribution in [0.15, 0.2) is 29.3 Å². The van der Waals surface area contributed by atoms with Crippen molar-refractivity contribution in [1.82, 2.24) is 15.1 Å². The summed E-state index contributed by atoms with van der Waals surface area (Å²) in [5.74, 6) is 2.48. The van der Waals surface area contributed by atoms with Gasteiger partial charge in [-0.3, -0.25) is 4.99 Å². The van der Waals surface area contributed by atoms with Gasteiger partial charge in [0.25, 0.3) is 0 Å². The molecule has 0 saturated carbocycles. The molecule has 1 heterocycles. The number of nitrogens with one attached hydrogen (secondary N) is 1. The summed E-state index contributed by atoms with van der Waals surface area (Å²) in [6, 6.07) is 8.49. The van der Waals surface area contributed by atoms with Crippen molar-refractivity contribution in [3.05, 3.63) is 29.8 Å². The van der Waals surface area contributed by atoms with Crippen LogP contribution >= 0.6 is 0 Å². The molecule has 0 radical (unpaired) electrons. The topological polar surface area (TPSA) is 49.3 Å². The van der Waals surface area contributed by atoms with E-state index < -0.39 is 0 Å². The van der Waals surface area contributed by atoms with Crippen molar-refractivity contribution < 1.29 is 9.47 Å². The van der Waals surface area contributed by atoms with Crippen LogP contribution in [0.4, 0.5) is 0 Å². The van der Waals surface area contributed by atoms with Crippen LogP contribution in [-0.2, 0) is 4.74 Å². The molecule has 6 nitrogen and oxygen atoms in total. The first-order valence-electron chi connectivity index (χ1n) is 9.41. The minimum Gasteiger partial charge on any atom is -0.497 e. The molecule has 0 spiro atoms. The van der Waals surface area contributed by atoms with Gasteiger partial charge in [0.2, 0.25) is 0 Å². The minimum atomic E-state index is 0.229. The molecular weight excluding hydrogens is 328 g/mol. The van der Waals surface area contributed by atoms with E-state index in [1.165, 1.54) is 5.56 Å². The Morgan fingerprint density at radius 1 is 1.31 bits per heavy atom. The molecule has 1 aliphatic heterocycles. The number of methoxy groups -OCH3 is 2. The van der Waals surface area contributed by atoms with E-state index in [0.29, 0.717) is 12.5 Å². The monoisotopic (exact) mass is 362 g/mol. The Morgan fingerprint density at radius 3 is 2.62 bits per heavy atom. The molecule has 6 heteroatoms. The van der Waals surface area contributed by atoms with Gasteiger partial charge in [-0.25, -0.2) is 0 Å². The Bertz CT molecular complexity index is 559. The Kier molecular flexibility index (Phi) is 8.19. The number of likely N-dealkylation sites (N-methyl/N-ethyl adjacent to an activating group) is 1. The predicted molar refractivity (Wildman–Crippen MR) is 107 cm³/mol. The van der Waals surface area contributed by atoms with E-state index in [2.05, 4.69) is 48.3 Å². The van der Waals surface area contributed by atoms with Crippen LogP contribution in [0.3, 0.4) is 0 Å². The van der Waals surface area contributed by atoms with Crippen LogP contribution in [-0.4, -0.2) is 76.9 Å². The van der Waals surface area contributed by atoms with Gasteiger partial charge in [0.1, 0.15) is 5.75 Å². The van der Waals surface area contributed by atoms with E-state index in [9.17, 15) is 0 Å². The zero-order valence-corrected chi connectivity index (χ0v) is 16.9. The second-order valence-electron chi connectivity index (χ2n) is 7.00. The smallest absolute Gasteiger partial charge is 0.193 e. The maximum Gasteiger partial charge on any atom is 0.193 e. The number of rotatable bonds is 8. The van der Waals surface area contributed by atoms with Crippen LogP contribution in [0, 0.1) is 5.92 Å². The molecule has 0 aliphatic carbocycles. The van der Waals surface area contributed by atoms with Crippen LogP contribution < -0.4 is 10.1 Å². The zero-order valence-electron chi connectivity index (χ0n) is 16.9. The summed E-state index contributed by atoms with van der Waals surface area (Å²) in [5.41, 5.74) is 1.24. The van der Waals surface area contributed by atoms with Crippen molar-refractivity contribution in [3.63, 3.8) is 0 Å². The van der Waals surface area contributed by atoms with Gasteiger partial charge in [-0.15, -0.1) is 0 Å². The molecule has 0 aromatic heterocycles. The van der Waals surface area contributed by atoms with Crippen molar-refractivity contribution >= 4 is 5.96 Å². The van der Waals surface area contributed by atoms with Crippen molar-refractivity contribution in [2.45, 2.75) is 19.4 Å². The maximum atomic E-state index is 5.32. The Labute approximate surface area is 158 Å². The SMILES string of the molecule is CCNC(=NCC(c1ccc(OC)cc1)N(C)C)N1CCC(COC)C1. The molecule has 1 N–H and O–H groups in total. The van der Waals surface area contributed by atoms with Gasteiger partial charge < -0.3 is 24.6 Å². The highest BCUT2D eigenvalue weighted by atomic mass is 16.5. The average Bonchev–Trinajstić information content (AvgIpc) is 3.10. The lowest BCUT2D eigenvalue weighted by molar-refractivity contribution is 0.157. The highest BCUT2D eigenvalue weighted by Crippen LogP contribution is 2.22. The molecule has 146 valence electrons. The Balaban J connectivity index is 2.09. The summed E-state index contributed by atoms with van der Waals surface area (Å²) in [4.78, 5) is 9.52. The molecular formula is C20H34N4O2. The summed E-state index contributed by atoms with van der Waals surface area (Å²) in [5, 5.41) is 3.45. The molecule has 1 aliphatic rings. The first-order chi connectivity index (χ1) is 12.6. The summed E-state index contributed by atoms with van der Waals surface area (Å²) >= 11 is 0. The zero-order chi connectivity index (χ0) is 18.9. The van der Waals surface area contributed by atoms with E-state index in [0.717, 1.165) is 44.4 Å². The number of likely N-dealkylation sites (tertiary alicyclic amines) is 1. The van der Waals surface area contributed by atoms with E-state index in [4.69, 9.17) is 14.5 Å². The molecule has 1 fully saturated rings. The highest BCUT2D eigenvalue weighted by Gasteiger charge is 2.25. The van der Waals surface area contributed by atoms with Crippen molar-refractivity contribution in [3.8, 4) is 5.75 Å². The molecule has 1 aromatic carbocycles. The van der Waals surface area contributed by atoms with Crippen LogP contribution in [0.25, 0.3) is 0 Å². The molecule has 26 heavy (non-hydrogen) atoms. The van der Waals surface area contributed by atoms with Crippen molar-refractivity contribution in [2.75, 3.05) is 61.1 Å². The van der Waals surface area contributed by atoms with E-state index in [1.54, 1.807) is 14.2 Å². The number of hydrogen-bond donors (Lipinski definition) is 1. The van der Waals surface area contributed by atoms with Crippen LogP contribution in [0.5, 0.6) is 5.75 Å². The maximum absolute atomic E-state index is 5.32. The van der Waals surface area contributed by atoms with Crippen molar-refractivity contribution in [1.29, 1.82) is 0 Å². The summed E-state index contributed by atoms with van der Waals surface area (Å²) in [6.45, 7) is 6.57. The average molecular weight is 363 g/mol. The van der Waals surface area contributed by atoms with Gasteiger partial charge in [-0.2, -0.15) is 0 Å². The number of aliphatic imine (C=N–C) groups is 1. The first-order valence-corrected chi connectivity index (χ1v) is 9.41. The quantitative estimate of drug-likeness (QED) is 0.568. The van der Waals surface area contributed by atoms with Crippen molar-refractivity contribution in [2.24, 2.45) is 10.9 Å². The number of ether oxygens (including phenoxy) is 2. The van der Waals surface area contributed by atoms with E-state index >= 15 is 0 Å². The predicted octanol–water partition coefficient (Wildman–Crippen LogP) is 2.23. The molecule has 1 saturated heterocycles. The molecule has 1 aromatic rings. The minimum absolute atomic E-state index is 0.229. The Morgan fingerprint density at radius 2 is 2.04 bits per heavy atom. The normalized spacial score (nSPS) is 19.1. The second kappa shape index (κ2) is 10.4. The number of nitrogens with zero attached hydrogens (tertiary/aromatic N) is 3. The molecule has 2 atom stereocenters. The number of hydrogen-bond acceptors (Lipinski definition) is 4. The standard InChI is InChI=1S/C20H34N4O2/c1-6-21-20(24-12-11-16(14-24)15-25-4)22-13-19(23(2)3)17-7-9-18(26-5)10-8-17/h7-10,16,19H,6,11-15H2,1-5H3,(H,21,22). The lowest BCUT2D eigenvalue weighted by atomic mass is 10.1. The van der Waals surface area contributed by atoms with Crippen LogP contribution in [0.1, 0.15) is 24.9 Å². The summed E-state index contributed by atoms with van der Waals surface area (Å²) < 4.78 is 10.6. The molecule has 0 amide bonds.